The third kappa shape index (κ3) is 3.76. The van der Waals surface area contributed by atoms with Gasteiger partial charge in [0.1, 0.15) is 6.61 Å². The Balaban J connectivity index is 2.34. The summed E-state index contributed by atoms with van der Waals surface area (Å²) in [5, 5.41) is 2.46. The third-order valence-electron chi connectivity index (χ3n) is 1.53. The summed E-state index contributed by atoms with van der Waals surface area (Å²) < 4.78 is 4.93. The molecular formula is C11H13NO2. The first-order valence-corrected chi connectivity index (χ1v) is 4.31. The first-order chi connectivity index (χ1) is 6.68. The molecule has 3 heteroatoms. The second-order valence-electron chi connectivity index (χ2n) is 2.97. The lowest BCUT2D eigenvalue weighted by molar-refractivity contribution is 0.142. The minimum Gasteiger partial charge on any atom is -0.444 e. The molecule has 0 spiro atoms. The predicted molar refractivity (Wildman–Crippen MR) is 54.6 cm³/mol. The number of hydrogen-bond acceptors (Lipinski definition) is 2. The standard InChI is InChI=1S/C11H13NO2/c1-9(2)12-11(13)14-8-10-6-4-3-5-7-10/h3-7H,1,8H2,2H3,(H,12,13). The van der Waals surface area contributed by atoms with E-state index in [1.807, 2.05) is 30.3 Å². The van der Waals surface area contributed by atoms with E-state index >= 15 is 0 Å². The van der Waals surface area contributed by atoms with Crippen molar-refractivity contribution in [3.63, 3.8) is 0 Å². The maximum Gasteiger partial charge on any atom is 0.411 e. The molecule has 1 N–H and O–H groups in total. The van der Waals surface area contributed by atoms with E-state index in [1.54, 1.807) is 6.92 Å². The first-order valence-electron chi connectivity index (χ1n) is 4.31. The van der Waals surface area contributed by atoms with Crippen molar-refractivity contribution >= 4 is 6.09 Å². The number of hydrogen-bond donors (Lipinski definition) is 1. The van der Waals surface area contributed by atoms with Crippen molar-refractivity contribution in [2.45, 2.75) is 13.5 Å². The fourth-order valence-corrected chi connectivity index (χ4v) is 0.933. The zero-order valence-corrected chi connectivity index (χ0v) is 8.12. The van der Waals surface area contributed by atoms with Gasteiger partial charge in [-0.1, -0.05) is 36.9 Å². The summed E-state index contributed by atoms with van der Waals surface area (Å²) in [4.78, 5) is 11.0. The van der Waals surface area contributed by atoms with E-state index in [1.165, 1.54) is 0 Å². The van der Waals surface area contributed by atoms with Gasteiger partial charge >= 0.3 is 6.09 Å². The molecule has 0 aliphatic carbocycles. The highest BCUT2D eigenvalue weighted by Gasteiger charge is 2.00. The Bertz CT molecular complexity index is 319. The minimum absolute atomic E-state index is 0.278. The van der Waals surface area contributed by atoms with Gasteiger partial charge in [0.05, 0.1) is 0 Å². The maximum atomic E-state index is 11.0. The third-order valence-corrected chi connectivity index (χ3v) is 1.53. The summed E-state index contributed by atoms with van der Waals surface area (Å²) in [7, 11) is 0. The van der Waals surface area contributed by atoms with Gasteiger partial charge in [-0.15, -0.1) is 0 Å². The van der Waals surface area contributed by atoms with Gasteiger partial charge in [-0.2, -0.15) is 0 Å². The molecule has 0 unspecified atom stereocenters. The average Bonchev–Trinajstić information content (AvgIpc) is 2.15. The number of benzene rings is 1. The number of carbonyl (C=O) groups is 1. The van der Waals surface area contributed by atoms with Crippen LogP contribution in [-0.4, -0.2) is 6.09 Å². The van der Waals surface area contributed by atoms with Crippen LogP contribution in [0.25, 0.3) is 0 Å². The van der Waals surface area contributed by atoms with E-state index in [0.717, 1.165) is 5.56 Å². The van der Waals surface area contributed by atoms with Crippen LogP contribution in [0.5, 0.6) is 0 Å². The van der Waals surface area contributed by atoms with Gasteiger partial charge in [0.25, 0.3) is 0 Å². The summed E-state index contributed by atoms with van der Waals surface area (Å²) in [6.45, 7) is 5.51. The molecule has 0 aromatic heterocycles. The quantitative estimate of drug-likeness (QED) is 0.796. The van der Waals surface area contributed by atoms with Crippen molar-refractivity contribution in [1.82, 2.24) is 5.32 Å². The van der Waals surface area contributed by atoms with E-state index in [-0.39, 0.29) is 6.61 Å². The molecule has 0 saturated carbocycles. The van der Waals surface area contributed by atoms with Crippen molar-refractivity contribution < 1.29 is 9.53 Å². The second-order valence-corrected chi connectivity index (χ2v) is 2.97. The van der Waals surface area contributed by atoms with Gasteiger partial charge < -0.3 is 4.74 Å². The van der Waals surface area contributed by atoms with Crippen LogP contribution in [0.3, 0.4) is 0 Å². The van der Waals surface area contributed by atoms with Crippen molar-refractivity contribution in [3.8, 4) is 0 Å². The largest absolute Gasteiger partial charge is 0.444 e. The molecule has 3 nitrogen and oxygen atoms in total. The number of nitrogens with one attached hydrogen (secondary N) is 1. The van der Waals surface area contributed by atoms with Crippen LogP contribution in [0, 0.1) is 0 Å². The summed E-state index contributed by atoms with van der Waals surface area (Å²) in [6, 6.07) is 9.50. The van der Waals surface area contributed by atoms with Crippen LogP contribution in [0.4, 0.5) is 4.79 Å². The molecule has 1 rings (SSSR count). The normalized spacial score (nSPS) is 9.21. The lowest BCUT2D eigenvalue weighted by Gasteiger charge is -2.05. The van der Waals surface area contributed by atoms with Gasteiger partial charge in [0.15, 0.2) is 0 Å². The molecule has 0 saturated heterocycles. The van der Waals surface area contributed by atoms with E-state index in [4.69, 9.17) is 4.74 Å². The van der Waals surface area contributed by atoms with Crippen molar-refractivity contribution in [2.24, 2.45) is 0 Å². The smallest absolute Gasteiger partial charge is 0.411 e. The van der Waals surface area contributed by atoms with Crippen molar-refractivity contribution in [3.05, 3.63) is 48.2 Å². The Morgan fingerprint density at radius 2 is 2.07 bits per heavy atom. The van der Waals surface area contributed by atoms with Crippen LogP contribution in [0.2, 0.25) is 0 Å². The maximum absolute atomic E-state index is 11.0. The van der Waals surface area contributed by atoms with E-state index in [2.05, 4.69) is 11.9 Å². The lowest BCUT2D eigenvalue weighted by Crippen LogP contribution is -2.21. The van der Waals surface area contributed by atoms with Crippen LogP contribution >= 0.6 is 0 Å². The Kier molecular flexibility index (Phi) is 3.73. The van der Waals surface area contributed by atoms with Gasteiger partial charge in [-0.3, -0.25) is 5.32 Å². The molecule has 0 bridgehead atoms. The zero-order chi connectivity index (χ0) is 10.4. The van der Waals surface area contributed by atoms with Crippen LogP contribution in [0.1, 0.15) is 12.5 Å². The SMILES string of the molecule is C=C(C)NC(=O)OCc1ccccc1. The Morgan fingerprint density at radius 3 is 2.64 bits per heavy atom. The topological polar surface area (TPSA) is 38.3 Å². The van der Waals surface area contributed by atoms with Crippen LogP contribution < -0.4 is 5.32 Å². The number of amides is 1. The van der Waals surface area contributed by atoms with E-state index in [0.29, 0.717) is 5.70 Å². The molecule has 0 radical (unpaired) electrons. The number of allylic oxidation sites excluding steroid dienone is 1. The molecule has 0 aliphatic rings. The summed E-state index contributed by atoms with van der Waals surface area (Å²) in [5.74, 6) is 0. The lowest BCUT2D eigenvalue weighted by atomic mass is 10.2. The summed E-state index contributed by atoms with van der Waals surface area (Å²) in [5.41, 5.74) is 1.53. The Labute approximate surface area is 83.4 Å². The van der Waals surface area contributed by atoms with Crippen LogP contribution in [0.15, 0.2) is 42.6 Å². The molecule has 0 fully saturated rings. The van der Waals surface area contributed by atoms with E-state index in [9.17, 15) is 4.79 Å². The van der Waals surface area contributed by atoms with Gasteiger partial charge in [0, 0.05) is 5.70 Å². The van der Waals surface area contributed by atoms with Crippen molar-refractivity contribution in [1.29, 1.82) is 0 Å². The molecule has 1 aromatic carbocycles. The highest BCUT2D eigenvalue weighted by molar-refractivity contribution is 5.69. The van der Waals surface area contributed by atoms with Crippen molar-refractivity contribution in [2.75, 3.05) is 0 Å². The van der Waals surface area contributed by atoms with Crippen LogP contribution in [-0.2, 0) is 11.3 Å². The van der Waals surface area contributed by atoms with Gasteiger partial charge in [-0.25, -0.2) is 4.79 Å². The highest BCUT2D eigenvalue weighted by atomic mass is 16.5. The first kappa shape index (κ1) is 10.3. The number of carbonyl (C=O) groups excluding carboxylic acids is 1. The van der Waals surface area contributed by atoms with E-state index < -0.39 is 6.09 Å². The number of alkyl carbamates (subject to hydrolysis) is 1. The minimum atomic E-state index is -0.471. The second kappa shape index (κ2) is 5.07. The van der Waals surface area contributed by atoms with Gasteiger partial charge in [-0.05, 0) is 12.5 Å². The average molecular weight is 191 g/mol. The number of ether oxygens (including phenoxy) is 1. The molecule has 0 atom stereocenters. The Hall–Kier alpha value is -1.77. The molecule has 1 amide bonds. The molecule has 1 aromatic rings. The molecule has 14 heavy (non-hydrogen) atoms. The summed E-state index contributed by atoms with van der Waals surface area (Å²) >= 11 is 0. The molecule has 0 heterocycles. The Morgan fingerprint density at radius 1 is 1.43 bits per heavy atom. The monoisotopic (exact) mass is 191 g/mol. The fraction of sp³-hybridized carbons (Fsp3) is 0.182. The molecule has 0 aliphatic heterocycles. The highest BCUT2D eigenvalue weighted by Crippen LogP contribution is 2.00. The van der Waals surface area contributed by atoms with Gasteiger partial charge in [0.2, 0.25) is 0 Å². The molecule has 74 valence electrons. The zero-order valence-electron chi connectivity index (χ0n) is 8.12. The molecular weight excluding hydrogens is 178 g/mol. The predicted octanol–water partition coefficient (Wildman–Crippen LogP) is 2.45. The summed E-state index contributed by atoms with van der Waals surface area (Å²) in [6.07, 6.45) is -0.471. The number of rotatable bonds is 3. The fourth-order valence-electron chi connectivity index (χ4n) is 0.933.